The van der Waals surface area contributed by atoms with Crippen molar-refractivity contribution in [2.24, 2.45) is 0 Å². The minimum atomic E-state index is -0.553. The summed E-state index contributed by atoms with van der Waals surface area (Å²) in [6, 6.07) is 17.4. The van der Waals surface area contributed by atoms with Crippen molar-refractivity contribution in [3.8, 4) is 5.69 Å². The average Bonchev–Trinajstić information content (AvgIpc) is 3.25. The maximum absolute atomic E-state index is 13.2. The lowest BCUT2D eigenvalue weighted by Gasteiger charge is -2.43. The van der Waals surface area contributed by atoms with E-state index in [4.69, 9.17) is 0 Å². The van der Waals surface area contributed by atoms with Gasteiger partial charge in [-0.05, 0) is 54.0 Å². The topological polar surface area (TPSA) is 75.9 Å². The fraction of sp³-hybridized carbons (Fsp3) is 0.364. The number of carbonyl (C=O) groups is 1. The van der Waals surface area contributed by atoms with Crippen LogP contribution in [0.3, 0.4) is 0 Å². The number of carbonyl (C=O) groups excluding carboxylic acids is 1. The molecule has 4 rings (SSSR count). The van der Waals surface area contributed by atoms with Crippen molar-refractivity contribution in [1.82, 2.24) is 25.1 Å². The Morgan fingerprint density at radius 1 is 1.03 bits per heavy atom. The molecule has 0 atom stereocenters. The van der Waals surface area contributed by atoms with Gasteiger partial charge in [-0.3, -0.25) is 0 Å². The molecule has 7 heteroatoms. The molecule has 2 aromatic carbocycles. The third kappa shape index (κ3) is 3.60. The molecule has 1 aliphatic carbocycles. The van der Waals surface area contributed by atoms with Gasteiger partial charge in [-0.15, -0.1) is 5.10 Å². The van der Waals surface area contributed by atoms with Gasteiger partial charge in [0.1, 0.15) is 5.54 Å². The Kier molecular flexibility index (Phi) is 5.29. The maximum atomic E-state index is 13.2. The van der Waals surface area contributed by atoms with Crippen LogP contribution in [0, 0.1) is 6.92 Å². The lowest BCUT2D eigenvalue weighted by molar-refractivity contribution is 0.0936. The summed E-state index contributed by atoms with van der Waals surface area (Å²) in [7, 11) is 1.85. The maximum Gasteiger partial charge on any atom is 0.322 e. The first-order valence-corrected chi connectivity index (χ1v) is 10.1. The van der Waals surface area contributed by atoms with Gasteiger partial charge in [0.15, 0.2) is 5.82 Å². The number of urea groups is 1. The van der Waals surface area contributed by atoms with Crippen LogP contribution in [0.2, 0.25) is 0 Å². The summed E-state index contributed by atoms with van der Waals surface area (Å²) >= 11 is 0. The molecule has 1 heterocycles. The molecule has 0 bridgehead atoms. The molecule has 150 valence electrons. The van der Waals surface area contributed by atoms with Gasteiger partial charge < -0.3 is 10.2 Å². The summed E-state index contributed by atoms with van der Waals surface area (Å²) in [5.74, 6) is 0.720. The molecule has 3 aromatic rings. The third-order valence-electron chi connectivity index (χ3n) is 5.88. The van der Waals surface area contributed by atoms with Crippen molar-refractivity contribution >= 4 is 11.7 Å². The predicted molar refractivity (Wildman–Crippen MR) is 112 cm³/mol. The Hall–Kier alpha value is -3.22. The first kappa shape index (κ1) is 19.1. The van der Waals surface area contributed by atoms with Crippen LogP contribution in [0.4, 0.5) is 10.5 Å². The first-order chi connectivity index (χ1) is 14.1. The van der Waals surface area contributed by atoms with E-state index in [1.54, 1.807) is 9.58 Å². The van der Waals surface area contributed by atoms with Crippen LogP contribution >= 0.6 is 0 Å². The number of hydrogen-bond acceptors (Lipinski definition) is 4. The molecule has 2 amide bonds. The van der Waals surface area contributed by atoms with Gasteiger partial charge in [0.05, 0.1) is 5.69 Å². The van der Waals surface area contributed by atoms with E-state index in [9.17, 15) is 4.79 Å². The minimum absolute atomic E-state index is 0.155. The zero-order valence-corrected chi connectivity index (χ0v) is 16.9. The SMILES string of the molecule is Cc1ccccc1-n1nnnc1C1(N(C)C(=O)Nc2ccccc2)CCCCC1. The molecule has 0 spiro atoms. The number of nitrogens with one attached hydrogen (secondary N) is 1. The molecule has 29 heavy (non-hydrogen) atoms. The van der Waals surface area contributed by atoms with E-state index in [0.29, 0.717) is 0 Å². The summed E-state index contributed by atoms with van der Waals surface area (Å²) in [5, 5.41) is 15.7. The lowest BCUT2D eigenvalue weighted by Crippen LogP contribution is -2.51. The predicted octanol–water partition coefficient (Wildman–Crippen LogP) is 4.29. The van der Waals surface area contributed by atoms with Gasteiger partial charge in [0, 0.05) is 12.7 Å². The zero-order valence-electron chi connectivity index (χ0n) is 16.9. The van der Waals surface area contributed by atoms with Crippen LogP contribution in [0.25, 0.3) is 5.69 Å². The number of nitrogens with zero attached hydrogens (tertiary/aromatic N) is 5. The first-order valence-electron chi connectivity index (χ1n) is 10.1. The Bertz CT molecular complexity index is 978. The molecule has 0 aliphatic heterocycles. The normalized spacial score (nSPS) is 15.7. The lowest BCUT2D eigenvalue weighted by atomic mass is 9.79. The summed E-state index contributed by atoms with van der Waals surface area (Å²) in [5.41, 5.74) is 2.25. The van der Waals surface area contributed by atoms with Gasteiger partial charge >= 0.3 is 6.03 Å². The second kappa shape index (κ2) is 8.03. The smallest absolute Gasteiger partial charge is 0.315 e. The van der Waals surface area contributed by atoms with E-state index >= 15 is 0 Å². The molecule has 0 saturated heterocycles. The van der Waals surface area contributed by atoms with Crippen LogP contribution in [-0.4, -0.2) is 38.2 Å². The fourth-order valence-electron chi connectivity index (χ4n) is 4.21. The number of anilines is 1. The summed E-state index contributed by atoms with van der Waals surface area (Å²) < 4.78 is 1.80. The number of hydrogen-bond donors (Lipinski definition) is 1. The van der Waals surface area contributed by atoms with Crippen molar-refractivity contribution in [3.63, 3.8) is 0 Å². The molecule has 7 nitrogen and oxygen atoms in total. The van der Waals surface area contributed by atoms with Gasteiger partial charge in [0.2, 0.25) is 0 Å². The molecular weight excluding hydrogens is 364 g/mol. The highest BCUT2D eigenvalue weighted by Gasteiger charge is 2.45. The minimum Gasteiger partial charge on any atom is -0.315 e. The van der Waals surface area contributed by atoms with E-state index in [2.05, 4.69) is 20.8 Å². The summed E-state index contributed by atoms with van der Waals surface area (Å²) in [4.78, 5) is 15.0. The van der Waals surface area contributed by atoms with Crippen LogP contribution in [0.5, 0.6) is 0 Å². The number of para-hydroxylation sites is 2. The highest BCUT2D eigenvalue weighted by molar-refractivity contribution is 5.89. The second-order valence-electron chi connectivity index (χ2n) is 7.65. The molecule has 0 radical (unpaired) electrons. The van der Waals surface area contributed by atoms with Crippen LogP contribution < -0.4 is 5.32 Å². The van der Waals surface area contributed by atoms with E-state index in [1.807, 2.05) is 68.6 Å². The van der Waals surface area contributed by atoms with Gasteiger partial charge in [0.25, 0.3) is 0 Å². The largest absolute Gasteiger partial charge is 0.322 e. The van der Waals surface area contributed by atoms with E-state index in [1.165, 1.54) is 0 Å². The van der Waals surface area contributed by atoms with Crippen LogP contribution in [0.1, 0.15) is 43.5 Å². The Labute approximate surface area is 170 Å². The molecule has 1 fully saturated rings. The molecule has 1 aliphatic rings. The standard InChI is InChI=1S/C22H26N6O/c1-17-11-7-8-14-19(17)28-20(24-25-26-28)22(15-9-4-10-16-22)27(2)21(29)23-18-12-5-3-6-13-18/h3,5-8,11-14H,4,9-10,15-16H2,1-2H3,(H,23,29). The van der Waals surface area contributed by atoms with Crippen molar-refractivity contribution in [1.29, 1.82) is 0 Å². The van der Waals surface area contributed by atoms with Crippen molar-refractivity contribution in [2.75, 3.05) is 12.4 Å². The number of aryl methyl sites for hydroxylation is 1. The molecular formula is C22H26N6O. The highest BCUT2D eigenvalue weighted by atomic mass is 16.2. The van der Waals surface area contributed by atoms with Crippen LogP contribution in [0.15, 0.2) is 54.6 Å². The van der Waals surface area contributed by atoms with Crippen molar-refractivity contribution < 1.29 is 4.79 Å². The van der Waals surface area contributed by atoms with E-state index in [0.717, 1.165) is 54.9 Å². The Morgan fingerprint density at radius 3 is 2.45 bits per heavy atom. The fourth-order valence-corrected chi connectivity index (χ4v) is 4.21. The highest BCUT2D eigenvalue weighted by Crippen LogP contribution is 2.41. The average molecular weight is 390 g/mol. The number of amides is 2. The van der Waals surface area contributed by atoms with Crippen molar-refractivity contribution in [3.05, 3.63) is 66.0 Å². The monoisotopic (exact) mass is 390 g/mol. The van der Waals surface area contributed by atoms with Crippen LogP contribution in [-0.2, 0) is 5.54 Å². The number of aromatic nitrogens is 4. The number of tetrazole rings is 1. The summed E-state index contributed by atoms with van der Waals surface area (Å²) in [6.07, 6.45) is 4.88. The summed E-state index contributed by atoms with van der Waals surface area (Å²) in [6.45, 7) is 2.04. The van der Waals surface area contributed by atoms with Crippen molar-refractivity contribution in [2.45, 2.75) is 44.6 Å². The van der Waals surface area contributed by atoms with Gasteiger partial charge in [-0.1, -0.05) is 55.7 Å². The van der Waals surface area contributed by atoms with Gasteiger partial charge in [-0.25, -0.2) is 4.79 Å². The molecule has 1 aromatic heterocycles. The third-order valence-corrected chi connectivity index (χ3v) is 5.88. The van der Waals surface area contributed by atoms with Gasteiger partial charge in [-0.2, -0.15) is 4.68 Å². The second-order valence-corrected chi connectivity index (χ2v) is 7.65. The Morgan fingerprint density at radius 2 is 1.72 bits per heavy atom. The molecule has 0 unspecified atom stereocenters. The molecule has 1 saturated carbocycles. The quantitative estimate of drug-likeness (QED) is 0.721. The number of benzene rings is 2. The number of rotatable bonds is 4. The van der Waals surface area contributed by atoms with E-state index in [-0.39, 0.29) is 6.03 Å². The van der Waals surface area contributed by atoms with E-state index < -0.39 is 5.54 Å². The zero-order chi connectivity index (χ0) is 20.3. The molecule has 1 N–H and O–H groups in total. The Balaban J connectivity index is 1.72.